The zero-order valence-electron chi connectivity index (χ0n) is 13.1. The summed E-state index contributed by atoms with van der Waals surface area (Å²) in [5, 5.41) is 8.09. The van der Waals surface area contributed by atoms with E-state index in [-0.39, 0.29) is 11.8 Å². The number of likely N-dealkylation sites (tertiary alicyclic amines) is 1. The highest BCUT2D eigenvalue weighted by Crippen LogP contribution is 2.29. The lowest BCUT2D eigenvalue weighted by molar-refractivity contribution is -0.131. The van der Waals surface area contributed by atoms with Crippen LogP contribution in [0.4, 0.5) is 0 Å². The number of amides is 1. The first-order valence-electron chi connectivity index (χ1n) is 7.97. The smallest absolute Gasteiger partial charge is 0.231 e. The first-order chi connectivity index (χ1) is 11.8. The molecule has 3 aromatic rings. The summed E-state index contributed by atoms with van der Waals surface area (Å²) in [6.45, 7) is 1.48. The molecule has 4 heterocycles. The van der Waals surface area contributed by atoms with Gasteiger partial charge in [-0.05, 0) is 35.7 Å². The fraction of sp³-hybridized carbons (Fsp3) is 0.353. The van der Waals surface area contributed by atoms with Crippen LogP contribution in [0.3, 0.4) is 0 Å². The van der Waals surface area contributed by atoms with Crippen molar-refractivity contribution < 1.29 is 9.32 Å². The Kier molecular flexibility index (Phi) is 4.44. The lowest BCUT2D eigenvalue weighted by Gasteiger charge is -2.31. The predicted octanol–water partition coefficient (Wildman–Crippen LogP) is 3.81. The fourth-order valence-electron chi connectivity index (χ4n) is 2.99. The van der Waals surface area contributed by atoms with Gasteiger partial charge in [0.25, 0.3) is 0 Å². The van der Waals surface area contributed by atoms with E-state index in [4.69, 9.17) is 4.52 Å². The third-order valence-electron chi connectivity index (χ3n) is 4.21. The van der Waals surface area contributed by atoms with Crippen LogP contribution in [0.15, 0.2) is 39.5 Å². The minimum Gasteiger partial charge on any atom is -0.342 e. The second-order valence-electron chi connectivity index (χ2n) is 5.87. The molecule has 0 aliphatic carbocycles. The molecule has 1 aliphatic heterocycles. The molecule has 1 aliphatic rings. The Hall–Kier alpha value is -1.99. The summed E-state index contributed by atoms with van der Waals surface area (Å²) < 4.78 is 5.47. The van der Waals surface area contributed by atoms with Crippen molar-refractivity contribution in [3.63, 3.8) is 0 Å². The molecule has 5 nitrogen and oxygen atoms in total. The van der Waals surface area contributed by atoms with Crippen LogP contribution in [0.2, 0.25) is 0 Å². The monoisotopic (exact) mass is 359 g/mol. The molecule has 1 atom stereocenters. The molecule has 0 bridgehead atoms. The van der Waals surface area contributed by atoms with Gasteiger partial charge in [-0.3, -0.25) is 4.79 Å². The van der Waals surface area contributed by atoms with Crippen molar-refractivity contribution in [3.05, 3.63) is 45.8 Å². The first-order valence-corrected chi connectivity index (χ1v) is 9.73. The van der Waals surface area contributed by atoms with Crippen molar-refractivity contribution >= 4 is 28.6 Å². The summed E-state index contributed by atoms with van der Waals surface area (Å²) in [6, 6.07) is 7.95. The summed E-state index contributed by atoms with van der Waals surface area (Å²) in [5.41, 5.74) is 0. The molecule has 0 aromatic carbocycles. The van der Waals surface area contributed by atoms with E-state index in [2.05, 4.69) is 10.1 Å². The number of hydrogen-bond donors (Lipinski definition) is 0. The van der Waals surface area contributed by atoms with E-state index in [1.165, 1.54) is 0 Å². The molecular weight excluding hydrogens is 342 g/mol. The molecule has 0 radical (unpaired) electrons. The minimum atomic E-state index is 0.132. The molecule has 0 saturated carbocycles. The van der Waals surface area contributed by atoms with Crippen molar-refractivity contribution in [2.75, 3.05) is 13.1 Å². The van der Waals surface area contributed by atoms with Gasteiger partial charge in [-0.25, -0.2) is 0 Å². The van der Waals surface area contributed by atoms with Gasteiger partial charge < -0.3 is 9.42 Å². The number of nitrogens with zero attached hydrogens (tertiary/aromatic N) is 3. The van der Waals surface area contributed by atoms with Crippen LogP contribution in [-0.4, -0.2) is 34.0 Å². The molecule has 0 unspecified atom stereocenters. The molecule has 124 valence electrons. The van der Waals surface area contributed by atoms with Crippen molar-refractivity contribution in [1.29, 1.82) is 0 Å². The summed E-state index contributed by atoms with van der Waals surface area (Å²) in [4.78, 5) is 21.1. The van der Waals surface area contributed by atoms with Gasteiger partial charge in [0.1, 0.15) is 0 Å². The summed E-state index contributed by atoms with van der Waals surface area (Å²) in [5.74, 6) is 1.60. The Morgan fingerprint density at radius 2 is 2.17 bits per heavy atom. The third-order valence-corrected chi connectivity index (χ3v) is 5.95. The van der Waals surface area contributed by atoms with E-state index in [1.54, 1.807) is 22.7 Å². The van der Waals surface area contributed by atoms with Gasteiger partial charge in [-0.2, -0.15) is 4.98 Å². The Labute approximate surface area is 147 Å². The van der Waals surface area contributed by atoms with Crippen LogP contribution >= 0.6 is 22.7 Å². The highest BCUT2D eigenvalue weighted by Gasteiger charge is 2.28. The Morgan fingerprint density at radius 1 is 1.29 bits per heavy atom. The van der Waals surface area contributed by atoms with Crippen LogP contribution in [0.1, 0.15) is 29.5 Å². The van der Waals surface area contributed by atoms with E-state index in [1.807, 2.05) is 39.9 Å². The van der Waals surface area contributed by atoms with E-state index < -0.39 is 0 Å². The maximum absolute atomic E-state index is 12.5. The summed E-state index contributed by atoms with van der Waals surface area (Å²) in [6.07, 6.45) is 2.43. The number of thiophene rings is 2. The maximum atomic E-state index is 12.5. The second-order valence-corrected chi connectivity index (χ2v) is 7.85. The molecule has 1 saturated heterocycles. The lowest BCUT2D eigenvalue weighted by Crippen LogP contribution is -2.39. The molecular formula is C17H17N3O2S2. The molecule has 24 heavy (non-hydrogen) atoms. The molecule has 4 rings (SSSR count). The van der Waals surface area contributed by atoms with Crippen molar-refractivity contribution in [3.8, 4) is 10.7 Å². The van der Waals surface area contributed by atoms with E-state index in [0.717, 1.165) is 29.1 Å². The van der Waals surface area contributed by atoms with Gasteiger partial charge in [0.2, 0.25) is 17.6 Å². The van der Waals surface area contributed by atoms with Gasteiger partial charge in [0, 0.05) is 18.0 Å². The number of carbonyl (C=O) groups excluding carboxylic acids is 1. The highest BCUT2D eigenvalue weighted by molar-refractivity contribution is 7.13. The van der Waals surface area contributed by atoms with Crippen molar-refractivity contribution in [1.82, 2.24) is 15.0 Å². The highest BCUT2D eigenvalue weighted by atomic mass is 32.1. The Bertz CT molecular complexity index is 796. The number of piperidine rings is 1. The van der Waals surface area contributed by atoms with E-state index >= 15 is 0 Å². The third kappa shape index (κ3) is 3.27. The Balaban J connectivity index is 1.44. The maximum Gasteiger partial charge on any atom is 0.231 e. The van der Waals surface area contributed by atoms with Crippen molar-refractivity contribution in [2.45, 2.75) is 25.2 Å². The number of hydrogen-bond acceptors (Lipinski definition) is 6. The number of aromatic nitrogens is 2. The molecule has 1 fully saturated rings. The molecule has 1 amide bonds. The van der Waals surface area contributed by atoms with Gasteiger partial charge >= 0.3 is 0 Å². The average Bonchev–Trinajstić information content (AvgIpc) is 3.36. The Morgan fingerprint density at radius 3 is 2.96 bits per heavy atom. The van der Waals surface area contributed by atoms with Crippen LogP contribution < -0.4 is 0 Å². The van der Waals surface area contributed by atoms with Gasteiger partial charge in [-0.1, -0.05) is 17.3 Å². The summed E-state index contributed by atoms with van der Waals surface area (Å²) in [7, 11) is 0. The fourth-order valence-corrected chi connectivity index (χ4v) is 4.33. The van der Waals surface area contributed by atoms with Crippen LogP contribution in [0.5, 0.6) is 0 Å². The summed E-state index contributed by atoms with van der Waals surface area (Å²) >= 11 is 3.22. The SMILES string of the molecule is O=C(Cc1cccs1)N1CCC[C@@H](c2nc(-c3cccs3)no2)C1. The van der Waals surface area contributed by atoms with Gasteiger partial charge in [-0.15, -0.1) is 22.7 Å². The lowest BCUT2D eigenvalue weighted by atomic mass is 9.97. The van der Waals surface area contributed by atoms with Crippen molar-refractivity contribution in [2.24, 2.45) is 0 Å². The quantitative estimate of drug-likeness (QED) is 0.711. The number of carbonyl (C=O) groups is 1. The molecule has 0 N–H and O–H groups in total. The predicted molar refractivity (Wildman–Crippen MR) is 94.2 cm³/mol. The van der Waals surface area contributed by atoms with E-state index in [9.17, 15) is 4.79 Å². The van der Waals surface area contributed by atoms with Crippen LogP contribution in [0, 0.1) is 0 Å². The largest absolute Gasteiger partial charge is 0.342 e. The van der Waals surface area contributed by atoms with Crippen LogP contribution in [-0.2, 0) is 11.2 Å². The zero-order chi connectivity index (χ0) is 16.4. The van der Waals surface area contributed by atoms with E-state index in [0.29, 0.717) is 24.7 Å². The second kappa shape index (κ2) is 6.86. The standard InChI is InChI=1S/C17H17N3O2S2/c21-15(10-13-5-2-8-23-13)20-7-1-4-12(11-20)17-18-16(19-22-17)14-6-3-9-24-14/h2-3,5-6,8-9,12H,1,4,7,10-11H2/t12-/m1/s1. The first kappa shape index (κ1) is 15.5. The topological polar surface area (TPSA) is 59.2 Å². The molecule has 0 spiro atoms. The number of rotatable bonds is 4. The van der Waals surface area contributed by atoms with Crippen LogP contribution in [0.25, 0.3) is 10.7 Å². The average molecular weight is 359 g/mol. The zero-order valence-corrected chi connectivity index (χ0v) is 14.7. The molecule has 3 aromatic heterocycles. The minimum absolute atomic E-state index is 0.132. The van der Waals surface area contributed by atoms with Gasteiger partial charge in [0.15, 0.2) is 0 Å². The normalized spacial score (nSPS) is 18.0. The molecule has 7 heteroatoms. The van der Waals surface area contributed by atoms with Gasteiger partial charge in [0.05, 0.1) is 17.2 Å².